The fraction of sp³-hybridized carbons (Fsp3) is 0.316. The largest absolute Gasteiger partial charge is 0.357 e. The minimum atomic E-state index is -3.55. The Hall–Kier alpha value is -1.72. The van der Waals surface area contributed by atoms with Crippen LogP contribution in [0.15, 0.2) is 58.4 Å². The smallest absolute Gasteiger partial charge is 0.240 e. The predicted molar refractivity (Wildman–Crippen MR) is 121 cm³/mol. The van der Waals surface area contributed by atoms with Crippen LogP contribution in [0.3, 0.4) is 0 Å². The quantitative estimate of drug-likeness (QED) is 0.217. The molecule has 0 unspecified atom stereocenters. The second-order valence-corrected chi connectivity index (χ2v) is 7.69. The summed E-state index contributed by atoms with van der Waals surface area (Å²) < 4.78 is 40.7. The molecule has 6 nitrogen and oxygen atoms in total. The number of hydrogen-bond donors (Lipinski definition) is 3. The van der Waals surface area contributed by atoms with Gasteiger partial charge in [0.15, 0.2) is 5.96 Å². The molecule has 0 radical (unpaired) electrons. The number of sulfonamides is 1. The first-order chi connectivity index (χ1) is 12.9. The molecule has 0 heterocycles. The number of aryl methyl sites for hydroxylation is 1. The van der Waals surface area contributed by atoms with Gasteiger partial charge in [-0.05, 0) is 32.0 Å². The van der Waals surface area contributed by atoms with Gasteiger partial charge in [0.1, 0.15) is 5.82 Å². The van der Waals surface area contributed by atoms with E-state index in [9.17, 15) is 12.8 Å². The molecule has 0 saturated carbocycles. The van der Waals surface area contributed by atoms with Crippen LogP contribution in [0.2, 0.25) is 0 Å². The molecule has 0 spiro atoms. The van der Waals surface area contributed by atoms with E-state index in [0.29, 0.717) is 24.6 Å². The van der Waals surface area contributed by atoms with E-state index in [-0.39, 0.29) is 47.8 Å². The lowest BCUT2D eigenvalue weighted by molar-refractivity contribution is 0.580. The van der Waals surface area contributed by atoms with Crippen molar-refractivity contribution in [3.8, 4) is 0 Å². The second-order valence-electron chi connectivity index (χ2n) is 5.92. The molecule has 2 aromatic rings. The molecule has 2 rings (SSSR count). The molecule has 0 fully saturated rings. The molecule has 0 bridgehead atoms. The average Bonchev–Trinajstić information content (AvgIpc) is 2.64. The molecule has 0 amide bonds. The summed E-state index contributed by atoms with van der Waals surface area (Å²) in [6, 6.07) is 13.1. The Kier molecular flexibility index (Phi) is 10.4. The normalized spacial score (nSPS) is 11.6. The van der Waals surface area contributed by atoms with Crippen LogP contribution in [0, 0.1) is 12.7 Å². The van der Waals surface area contributed by atoms with E-state index in [1.54, 1.807) is 42.5 Å². The third-order valence-electron chi connectivity index (χ3n) is 3.75. The minimum absolute atomic E-state index is 0. The summed E-state index contributed by atoms with van der Waals surface area (Å²) in [4.78, 5) is 4.55. The van der Waals surface area contributed by atoms with Crippen LogP contribution in [0.25, 0.3) is 0 Å². The Morgan fingerprint density at radius 3 is 2.36 bits per heavy atom. The molecule has 154 valence electrons. The summed E-state index contributed by atoms with van der Waals surface area (Å²) in [6.45, 7) is 5.18. The lowest BCUT2D eigenvalue weighted by atomic mass is 10.2. The first-order valence-electron chi connectivity index (χ1n) is 8.74. The summed E-state index contributed by atoms with van der Waals surface area (Å²) >= 11 is 0. The number of guanidine groups is 1. The van der Waals surface area contributed by atoms with Crippen LogP contribution in [-0.4, -0.2) is 34.0 Å². The first kappa shape index (κ1) is 24.3. The third-order valence-corrected chi connectivity index (χ3v) is 5.23. The van der Waals surface area contributed by atoms with Gasteiger partial charge in [-0.25, -0.2) is 22.5 Å². The minimum Gasteiger partial charge on any atom is -0.357 e. The van der Waals surface area contributed by atoms with Crippen LogP contribution in [-0.2, 0) is 16.6 Å². The van der Waals surface area contributed by atoms with Crippen molar-refractivity contribution in [2.75, 3.05) is 19.6 Å². The van der Waals surface area contributed by atoms with Gasteiger partial charge in [0.25, 0.3) is 0 Å². The van der Waals surface area contributed by atoms with Gasteiger partial charge in [-0.2, -0.15) is 0 Å². The Morgan fingerprint density at radius 2 is 1.71 bits per heavy atom. The van der Waals surface area contributed by atoms with Gasteiger partial charge in [0, 0.05) is 25.2 Å². The highest BCUT2D eigenvalue weighted by Gasteiger charge is 2.12. The van der Waals surface area contributed by atoms with Crippen molar-refractivity contribution in [1.29, 1.82) is 0 Å². The lowest BCUT2D eigenvalue weighted by Crippen LogP contribution is -2.41. The van der Waals surface area contributed by atoms with E-state index in [2.05, 4.69) is 20.3 Å². The van der Waals surface area contributed by atoms with Gasteiger partial charge in [0.2, 0.25) is 10.0 Å². The SMILES string of the molecule is CCNC(=NCc1ccccc1F)NCCNS(=O)(=O)c1ccc(C)cc1.I. The van der Waals surface area contributed by atoms with Gasteiger partial charge in [-0.1, -0.05) is 35.9 Å². The van der Waals surface area contributed by atoms with Crippen molar-refractivity contribution in [2.24, 2.45) is 4.99 Å². The van der Waals surface area contributed by atoms with Gasteiger partial charge in [-0.3, -0.25) is 0 Å². The van der Waals surface area contributed by atoms with Gasteiger partial charge in [0.05, 0.1) is 11.4 Å². The van der Waals surface area contributed by atoms with Crippen molar-refractivity contribution in [1.82, 2.24) is 15.4 Å². The van der Waals surface area contributed by atoms with E-state index >= 15 is 0 Å². The maximum absolute atomic E-state index is 13.7. The maximum Gasteiger partial charge on any atom is 0.240 e. The number of hydrogen-bond acceptors (Lipinski definition) is 3. The molecule has 0 atom stereocenters. The molecule has 28 heavy (non-hydrogen) atoms. The maximum atomic E-state index is 13.7. The average molecular weight is 520 g/mol. The Morgan fingerprint density at radius 1 is 1.04 bits per heavy atom. The highest BCUT2D eigenvalue weighted by atomic mass is 127. The summed E-state index contributed by atoms with van der Waals surface area (Å²) in [5.74, 6) is 0.193. The first-order valence-corrected chi connectivity index (χ1v) is 10.2. The third kappa shape index (κ3) is 7.72. The molecule has 0 aromatic heterocycles. The van der Waals surface area contributed by atoms with Gasteiger partial charge < -0.3 is 10.6 Å². The zero-order chi connectivity index (χ0) is 19.7. The van der Waals surface area contributed by atoms with Crippen LogP contribution in [0.1, 0.15) is 18.1 Å². The molecule has 0 saturated heterocycles. The van der Waals surface area contributed by atoms with Crippen molar-refractivity contribution in [2.45, 2.75) is 25.3 Å². The van der Waals surface area contributed by atoms with E-state index in [1.807, 2.05) is 13.8 Å². The van der Waals surface area contributed by atoms with E-state index in [1.165, 1.54) is 6.07 Å². The van der Waals surface area contributed by atoms with Crippen LogP contribution >= 0.6 is 24.0 Å². The number of aliphatic imine (C=N–C) groups is 1. The van der Waals surface area contributed by atoms with E-state index in [0.717, 1.165) is 5.56 Å². The molecule has 0 aliphatic rings. The predicted octanol–water partition coefficient (Wildman–Crippen LogP) is 2.79. The van der Waals surface area contributed by atoms with Crippen molar-refractivity contribution >= 4 is 40.0 Å². The number of rotatable bonds is 8. The second kappa shape index (κ2) is 12.0. The number of halogens is 2. The summed E-state index contributed by atoms with van der Waals surface area (Å²) in [7, 11) is -3.55. The fourth-order valence-corrected chi connectivity index (χ4v) is 3.33. The summed E-state index contributed by atoms with van der Waals surface area (Å²) in [6.07, 6.45) is 0. The topological polar surface area (TPSA) is 82.6 Å². The molecular formula is C19H26FIN4O2S. The van der Waals surface area contributed by atoms with Gasteiger partial charge >= 0.3 is 0 Å². The van der Waals surface area contributed by atoms with E-state index < -0.39 is 10.0 Å². The zero-order valence-corrected chi connectivity index (χ0v) is 19.1. The van der Waals surface area contributed by atoms with Crippen molar-refractivity contribution < 1.29 is 12.8 Å². The Balaban J connectivity index is 0.00000392. The Labute approximate surface area is 183 Å². The van der Waals surface area contributed by atoms with Crippen molar-refractivity contribution in [3.63, 3.8) is 0 Å². The molecule has 9 heteroatoms. The highest BCUT2D eigenvalue weighted by Crippen LogP contribution is 2.09. The monoisotopic (exact) mass is 520 g/mol. The van der Waals surface area contributed by atoms with E-state index in [4.69, 9.17) is 0 Å². The van der Waals surface area contributed by atoms with Gasteiger partial charge in [-0.15, -0.1) is 24.0 Å². The molecule has 3 N–H and O–H groups in total. The highest BCUT2D eigenvalue weighted by molar-refractivity contribution is 14.0. The summed E-state index contributed by atoms with van der Waals surface area (Å²) in [5.41, 5.74) is 1.49. The summed E-state index contributed by atoms with van der Waals surface area (Å²) in [5, 5.41) is 6.08. The number of benzene rings is 2. The number of nitrogens with one attached hydrogen (secondary N) is 3. The molecule has 0 aliphatic heterocycles. The molecule has 2 aromatic carbocycles. The lowest BCUT2D eigenvalue weighted by Gasteiger charge is -2.12. The Bertz CT molecular complexity index is 874. The van der Waals surface area contributed by atoms with Crippen LogP contribution in [0.5, 0.6) is 0 Å². The van der Waals surface area contributed by atoms with Crippen LogP contribution < -0.4 is 15.4 Å². The fourth-order valence-electron chi connectivity index (χ4n) is 2.30. The van der Waals surface area contributed by atoms with Crippen molar-refractivity contribution in [3.05, 3.63) is 65.5 Å². The zero-order valence-electron chi connectivity index (χ0n) is 15.9. The molecular weight excluding hydrogens is 494 g/mol. The standard InChI is InChI=1S/C19H25FN4O2S.HI/c1-3-21-19(23-14-16-6-4-5-7-18(16)20)22-12-13-24-27(25,26)17-10-8-15(2)9-11-17;/h4-11,24H,3,12-14H2,1-2H3,(H2,21,22,23);1H. The molecule has 0 aliphatic carbocycles. The van der Waals surface area contributed by atoms with Crippen LogP contribution in [0.4, 0.5) is 4.39 Å². The number of nitrogens with zero attached hydrogens (tertiary/aromatic N) is 1.